The molecule has 0 bridgehead atoms. The number of carbonyl (C=O) groups is 1. The fraction of sp³-hybridized carbons (Fsp3) is 0.130. The van der Waals surface area contributed by atoms with Crippen molar-refractivity contribution in [2.75, 3.05) is 10.6 Å². The summed E-state index contributed by atoms with van der Waals surface area (Å²) in [5, 5.41) is 10.7. The fourth-order valence-electron chi connectivity index (χ4n) is 3.13. The molecule has 1 amide bonds. The Kier molecular flexibility index (Phi) is 5.16. The predicted molar refractivity (Wildman–Crippen MR) is 114 cm³/mol. The van der Waals surface area contributed by atoms with Crippen LogP contribution < -0.4 is 10.6 Å². The van der Waals surface area contributed by atoms with Crippen LogP contribution in [0.1, 0.15) is 27.7 Å². The van der Waals surface area contributed by atoms with E-state index in [2.05, 4.69) is 15.7 Å². The lowest BCUT2D eigenvalue weighted by Crippen LogP contribution is -2.12. The fourth-order valence-corrected chi connectivity index (χ4v) is 3.13. The van der Waals surface area contributed by atoms with E-state index in [0.717, 1.165) is 22.8 Å². The van der Waals surface area contributed by atoms with Gasteiger partial charge >= 0.3 is 0 Å². The normalized spacial score (nSPS) is 10.7. The number of hydrogen-bond acceptors (Lipinski definition) is 4. The van der Waals surface area contributed by atoms with E-state index in [1.165, 1.54) is 0 Å². The average molecular weight is 386 g/mol. The molecule has 2 aromatic heterocycles. The number of carbonyl (C=O) groups excluding carboxylic acids is 1. The first-order chi connectivity index (χ1) is 14.1. The molecule has 2 N–H and O–H groups in total. The summed E-state index contributed by atoms with van der Waals surface area (Å²) in [4.78, 5) is 12.7. The molecule has 2 heterocycles. The second-order valence-electron chi connectivity index (χ2n) is 6.84. The number of nitrogens with one attached hydrogen (secondary N) is 2. The Morgan fingerprint density at radius 2 is 1.69 bits per heavy atom. The number of furan rings is 1. The third-order valence-electron chi connectivity index (χ3n) is 4.52. The van der Waals surface area contributed by atoms with E-state index in [0.29, 0.717) is 18.0 Å². The van der Waals surface area contributed by atoms with Gasteiger partial charge in [0, 0.05) is 11.4 Å². The Bertz CT molecular complexity index is 1130. The van der Waals surface area contributed by atoms with Gasteiger partial charge in [-0.3, -0.25) is 9.48 Å². The highest BCUT2D eigenvalue weighted by atomic mass is 16.4. The van der Waals surface area contributed by atoms with Crippen molar-refractivity contribution < 1.29 is 9.21 Å². The van der Waals surface area contributed by atoms with Crippen LogP contribution in [0.25, 0.3) is 0 Å². The summed E-state index contributed by atoms with van der Waals surface area (Å²) < 4.78 is 7.61. The predicted octanol–water partition coefficient (Wildman–Crippen LogP) is 5.14. The van der Waals surface area contributed by atoms with Gasteiger partial charge in [0.1, 0.15) is 5.76 Å². The van der Waals surface area contributed by atoms with Gasteiger partial charge in [0.25, 0.3) is 5.91 Å². The van der Waals surface area contributed by atoms with E-state index in [9.17, 15) is 4.79 Å². The molecular weight excluding hydrogens is 364 g/mol. The molecule has 0 radical (unpaired) electrons. The minimum absolute atomic E-state index is 0.260. The number of amides is 1. The standard InChI is InChI=1S/C23H22N4O2/c1-16-14-17(2)27(26-16)15-19-12-13-22(29-19)23(28)25-21-11-7-6-10-20(21)24-18-8-4-3-5-9-18/h3-14,24H,15H2,1-2H3,(H,25,28). The highest BCUT2D eigenvalue weighted by molar-refractivity contribution is 6.04. The summed E-state index contributed by atoms with van der Waals surface area (Å²) in [6, 6.07) is 22.9. The highest BCUT2D eigenvalue weighted by Crippen LogP contribution is 2.26. The van der Waals surface area contributed by atoms with E-state index < -0.39 is 0 Å². The largest absolute Gasteiger partial charge is 0.454 e. The molecule has 4 aromatic rings. The maximum Gasteiger partial charge on any atom is 0.291 e. The molecule has 29 heavy (non-hydrogen) atoms. The van der Waals surface area contributed by atoms with E-state index in [4.69, 9.17) is 4.42 Å². The van der Waals surface area contributed by atoms with E-state index >= 15 is 0 Å². The van der Waals surface area contributed by atoms with Crippen LogP contribution in [0.15, 0.2) is 77.2 Å². The minimum atomic E-state index is -0.299. The van der Waals surface area contributed by atoms with Crippen LogP contribution in [0.5, 0.6) is 0 Å². The first-order valence-corrected chi connectivity index (χ1v) is 9.41. The smallest absolute Gasteiger partial charge is 0.291 e. The quantitative estimate of drug-likeness (QED) is 0.481. The molecule has 6 heteroatoms. The molecule has 0 aliphatic rings. The van der Waals surface area contributed by atoms with Crippen molar-refractivity contribution in [1.82, 2.24) is 9.78 Å². The second-order valence-corrected chi connectivity index (χ2v) is 6.84. The van der Waals surface area contributed by atoms with Crippen LogP contribution in [0.2, 0.25) is 0 Å². The zero-order valence-electron chi connectivity index (χ0n) is 16.3. The molecule has 2 aromatic carbocycles. The Morgan fingerprint density at radius 1 is 0.966 bits per heavy atom. The third-order valence-corrected chi connectivity index (χ3v) is 4.52. The number of benzene rings is 2. The number of aryl methyl sites for hydroxylation is 2. The van der Waals surface area contributed by atoms with Gasteiger partial charge in [0.15, 0.2) is 5.76 Å². The molecule has 0 aliphatic heterocycles. The summed E-state index contributed by atoms with van der Waals surface area (Å²) in [6.45, 7) is 4.43. The molecular formula is C23H22N4O2. The maximum atomic E-state index is 12.7. The monoisotopic (exact) mass is 386 g/mol. The number of rotatable bonds is 6. The van der Waals surface area contributed by atoms with Gasteiger partial charge in [-0.15, -0.1) is 0 Å². The van der Waals surface area contributed by atoms with Crippen molar-refractivity contribution in [3.8, 4) is 0 Å². The molecule has 0 spiro atoms. The van der Waals surface area contributed by atoms with Gasteiger partial charge in [-0.2, -0.15) is 5.10 Å². The molecule has 0 unspecified atom stereocenters. The van der Waals surface area contributed by atoms with E-state index in [1.54, 1.807) is 12.1 Å². The van der Waals surface area contributed by atoms with Gasteiger partial charge < -0.3 is 15.1 Å². The molecule has 0 fully saturated rings. The SMILES string of the molecule is Cc1cc(C)n(Cc2ccc(C(=O)Nc3ccccc3Nc3ccccc3)o2)n1. The summed E-state index contributed by atoms with van der Waals surface area (Å²) >= 11 is 0. The zero-order chi connectivity index (χ0) is 20.2. The van der Waals surface area contributed by atoms with Crippen LogP contribution in [-0.4, -0.2) is 15.7 Å². The summed E-state index contributed by atoms with van der Waals surface area (Å²) in [7, 11) is 0. The topological polar surface area (TPSA) is 72.1 Å². The number of nitrogens with zero attached hydrogens (tertiary/aromatic N) is 2. The number of anilines is 3. The average Bonchev–Trinajstić information content (AvgIpc) is 3.30. The van der Waals surface area contributed by atoms with Crippen LogP contribution in [0.3, 0.4) is 0 Å². The molecule has 0 atom stereocenters. The molecule has 146 valence electrons. The van der Waals surface area contributed by atoms with Crippen LogP contribution >= 0.6 is 0 Å². The lowest BCUT2D eigenvalue weighted by molar-refractivity contribution is 0.0994. The number of hydrogen-bond donors (Lipinski definition) is 2. The third kappa shape index (κ3) is 4.38. The summed E-state index contributed by atoms with van der Waals surface area (Å²) in [6.07, 6.45) is 0. The van der Waals surface area contributed by atoms with Crippen LogP contribution in [0.4, 0.5) is 17.1 Å². The lowest BCUT2D eigenvalue weighted by atomic mass is 10.2. The Hall–Kier alpha value is -3.80. The van der Waals surface area contributed by atoms with Crippen LogP contribution in [-0.2, 0) is 6.54 Å². The van der Waals surface area contributed by atoms with Gasteiger partial charge in [-0.25, -0.2) is 0 Å². The summed E-state index contributed by atoms with van der Waals surface area (Å²) in [5.41, 5.74) is 4.43. The molecule has 4 rings (SSSR count). The Balaban J connectivity index is 1.48. The molecule has 0 saturated heterocycles. The van der Waals surface area contributed by atoms with Crippen molar-refractivity contribution in [2.45, 2.75) is 20.4 Å². The first-order valence-electron chi connectivity index (χ1n) is 9.41. The van der Waals surface area contributed by atoms with Gasteiger partial charge in [0.2, 0.25) is 0 Å². The molecule has 0 aliphatic carbocycles. The van der Waals surface area contributed by atoms with Crippen molar-refractivity contribution >= 4 is 23.0 Å². The Morgan fingerprint density at radius 3 is 2.41 bits per heavy atom. The zero-order valence-corrected chi connectivity index (χ0v) is 16.3. The minimum Gasteiger partial charge on any atom is -0.454 e. The van der Waals surface area contributed by atoms with Crippen molar-refractivity contribution in [3.63, 3.8) is 0 Å². The molecule has 0 saturated carbocycles. The van der Waals surface area contributed by atoms with Crippen molar-refractivity contribution in [1.29, 1.82) is 0 Å². The van der Waals surface area contributed by atoms with Gasteiger partial charge in [0.05, 0.1) is 23.6 Å². The van der Waals surface area contributed by atoms with E-state index in [1.807, 2.05) is 79.2 Å². The van der Waals surface area contributed by atoms with Crippen molar-refractivity contribution in [3.05, 3.63) is 95.7 Å². The highest BCUT2D eigenvalue weighted by Gasteiger charge is 2.14. The van der Waals surface area contributed by atoms with Crippen LogP contribution in [0, 0.1) is 13.8 Å². The van der Waals surface area contributed by atoms with Gasteiger partial charge in [-0.05, 0) is 56.3 Å². The Labute approximate surface area is 169 Å². The summed E-state index contributed by atoms with van der Waals surface area (Å²) in [5.74, 6) is 0.639. The second kappa shape index (κ2) is 8.06. The number of para-hydroxylation sites is 3. The lowest BCUT2D eigenvalue weighted by Gasteiger charge is -2.12. The molecule has 6 nitrogen and oxygen atoms in total. The van der Waals surface area contributed by atoms with Gasteiger partial charge in [-0.1, -0.05) is 30.3 Å². The number of aromatic nitrogens is 2. The first kappa shape index (κ1) is 18.6. The van der Waals surface area contributed by atoms with Crippen molar-refractivity contribution in [2.24, 2.45) is 0 Å². The van der Waals surface area contributed by atoms with E-state index in [-0.39, 0.29) is 11.7 Å². The maximum absolute atomic E-state index is 12.7.